The molecule has 1 N–H and O–H groups in total. The van der Waals surface area contributed by atoms with E-state index in [1.165, 1.54) is 0 Å². The van der Waals surface area contributed by atoms with Crippen molar-refractivity contribution in [2.75, 3.05) is 13.2 Å². The third-order valence-electron chi connectivity index (χ3n) is 4.92. The molecule has 5 heteroatoms. The van der Waals surface area contributed by atoms with Crippen molar-refractivity contribution in [3.63, 3.8) is 0 Å². The summed E-state index contributed by atoms with van der Waals surface area (Å²) >= 11 is 0. The fourth-order valence-electron chi connectivity index (χ4n) is 3.11. The summed E-state index contributed by atoms with van der Waals surface area (Å²) in [6.07, 6.45) is 1.91. The van der Waals surface area contributed by atoms with E-state index in [9.17, 15) is 9.59 Å². The Bertz CT molecular complexity index is 777. The van der Waals surface area contributed by atoms with Crippen LogP contribution in [-0.4, -0.2) is 35.9 Å². The van der Waals surface area contributed by atoms with Crippen molar-refractivity contribution in [1.29, 1.82) is 0 Å². The Kier molecular flexibility index (Phi) is 9.22. The van der Waals surface area contributed by atoms with Gasteiger partial charge in [-0.15, -0.1) is 0 Å². The van der Waals surface area contributed by atoms with Crippen molar-refractivity contribution < 1.29 is 14.3 Å². The minimum atomic E-state index is -0.176. The first-order valence-electron chi connectivity index (χ1n) is 10.4. The molecule has 0 bridgehead atoms. The third-order valence-corrected chi connectivity index (χ3v) is 4.92. The maximum absolute atomic E-state index is 12.8. The molecule has 0 aliphatic carbocycles. The summed E-state index contributed by atoms with van der Waals surface area (Å²) in [6, 6.07) is 17.4. The molecule has 156 valence electrons. The summed E-state index contributed by atoms with van der Waals surface area (Å²) in [5.41, 5.74) is 1.65. The first-order chi connectivity index (χ1) is 14.1. The number of nitrogens with one attached hydrogen (secondary N) is 1. The molecule has 5 nitrogen and oxygen atoms in total. The van der Waals surface area contributed by atoms with Gasteiger partial charge in [-0.05, 0) is 44.4 Å². The van der Waals surface area contributed by atoms with Crippen molar-refractivity contribution in [1.82, 2.24) is 10.2 Å². The van der Waals surface area contributed by atoms with Crippen LogP contribution in [0.5, 0.6) is 5.75 Å². The van der Waals surface area contributed by atoms with E-state index in [1.54, 1.807) is 12.1 Å². The minimum Gasteiger partial charge on any atom is -0.493 e. The Labute approximate surface area is 174 Å². The molecule has 0 saturated carbocycles. The van der Waals surface area contributed by atoms with E-state index in [0.29, 0.717) is 43.9 Å². The van der Waals surface area contributed by atoms with Gasteiger partial charge in [0.2, 0.25) is 5.91 Å². The van der Waals surface area contributed by atoms with E-state index < -0.39 is 0 Å². The zero-order chi connectivity index (χ0) is 21.1. The average molecular weight is 397 g/mol. The van der Waals surface area contributed by atoms with Crippen molar-refractivity contribution in [2.45, 2.75) is 52.6 Å². The molecule has 0 radical (unpaired) electrons. The normalized spacial score (nSPS) is 11.6. The second-order valence-electron chi connectivity index (χ2n) is 7.05. The van der Waals surface area contributed by atoms with Crippen LogP contribution < -0.4 is 10.1 Å². The first kappa shape index (κ1) is 22.5. The molecule has 2 amide bonds. The maximum Gasteiger partial charge on any atom is 0.255 e. The summed E-state index contributed by atoms with van der Waals surface area (Å²) in [5, 5.41) is 2.90. The Morgan fingerprint density at radius 1 is 1.03 bits per heavy atom. The van der Waals surface area contributed by atoms with Crippen LogP contribution in [0.3, 0.4) is 0 Å². The highest BCUT2D eigenvalue weighted by molar-refractivity contribution is 5.96. The highest BCUT2D eigenvalue weighted by Crippen LogP contribution is 2.18. The molecule has 2 aromatic rings. The van der Waals surface area contributed by atoms with Gasteiger partial charge in [-0.25, -0.2) is 0 Å². The van der Waals surface area contributed by atoms with Crippen LogP contribution in [0.4, 0.5) is 0 Å². The molecule has 1 unspecified atom stereocenters. The van der Waals surface area contributed by atoms with Crippen molar-refractivity contribution in [3.8, 4) is 5.75 Å². The van der Waals surface area contributed by atoms with Gasteiger partial charge in [-0.1, -0.05) is 49.4 Å². The van der Waals surface area contributed by atoms with E-state index in [2.05, 4.69) is 19.2 Å². The zero-order valence-electron chi connectivity index (χ0n) is 17.7. The molecule has 2 aromatic carbocycles. The van der Waals surface area contributed by atoms with E-state index in [-0.39, 0.29) is 17.9 Å². The van der Waals surface area contributed by atoms with Crippen molar-refractivity contribution >= 4 is 11.8 Å². The lowest BCUT2D eigenvalue weighted by Gasteiger charge is -2.29. The van der Waals surface area contributed by atoms with Gasteiger partial charge in [0.1, 0.15) is 5.75 Å². The third kappa shape index (κ3) is 6.93. The van der Waals surface area contributed by atoms with Gasteiger partial charge in [-0.3, -0.25) is 9.59 Å². The van der Waals surface area contributed by atoms with E-state index in [1.807, 2.05) is 54.3 Å². The van der Waals surface area contributed by atoms with E-state index in [4.69, 9.17) is 4.74 Å². The standard InChI is InChI=1S/C24H32N2O3/c1-4-19(3)26(18-20-12-7-6-8-13-20)23(27)16-11-17-25-24(28)21-14-9-10-15-22(21)29-5-2/h6-10,12-15,19H,4-5,11,16-18H2,1-3H3,(H,25,28). The predicted octanol–water partition coefficient (Wildman–Crippen LogP) is 4.42. The van der Waals surface area contributed by atoms with Gasteiger partial charge in [0, 0.05) is 25.6 Å². The summed E-state index contributed by atoms with van der Waals surface area (Å²) in [6.45, 7) is 7.62. The average Bonchev–Trinajstić information content (AvgIpc) is 2.75. The van der Waals surface area contributed by atoms with Gasteiger partial charge in [0.05, 0.1) is 12.2 Å². The monoisotopic (exact) mass is 396 g/mol. The predicted molar refractivity (Wildman–Crippen MR) is 116 cm³/mol. The highest BCUT2D eigenvalue weighted by Gasteiger charge is 2.19. The minimum absolute atomic E-state index is 0.118. The Morgan fingerprint density at radius 3 is 2.41 bits per heavy atom. The smallest absolute Gasteiger partial charge is 0.255 e. The molecule has 1 atom stereocenters. The molecular weight excluding hydrogens is 364 g/mol. The topological polar surface area (TPSA) is 58.6 Å². The Hall–Kier alpha value is -2.82. The molecule has 0 aliphatic rings. The van der Waals surface area contributed by atoms with Gasteiger partial charge in [0.25, 0.3) is 5.91 Å². The van der Waals surface area contributed by atoms with Crippen LogP contribution in [0.25, 0.3) is 0 Å². The van der Waals surface area contributed by atoms with Crippen LogP contribution >= 0.6 is 0 Å². The summed E-state index contributed by atoms with van der Waals surface area (Å²) < 4.78 is 5.51. The Balaban J connectivity index is 1.86. The molecule has 29 heavy (non-hydrogen) atoms. The number of hydrogen-bond donors (Lipinski definition) is 1. The number of nitrogens with zero attached hydrogens (tertiary/aromatic N) is 1. The number of benzene rings is 2. The fraction of sp³-hybridized carbons (Fsp3) is 0.417. The van der Waals surface area contributed by atoms with E-state index >= 15 is 0 Å². The number of amides is 2. The lowest BCUT2D eigenvalue weighted by atomic mass is 10.1. The van der Waals surface area contributed by atoms with Crippen molar-refractivity contribution in [3.05, 3.63) is 65.7 Å². The lowest BCUT2D eigenvalue weighted by Crippen LogP contribution is -2.38. The number of carbonyl (C=O) groups excluding carboxylic acids is 2. The van der Waals surface area contributed by atoms with Crippen LogP contribution in [0.2, 0.25) is 0 Å². The number of rotatable bonds is 11. The molecule has 0 aliphatic heterocycles. The van der Waals surface area contributed by atoms with Crippen LogP contribution in [-0.2, 0) is 11.3 Å². The summed E-state index contributed by atoms with van der Waals surface area (Å²) in [7, 11) is 0. The van der Waals surface area contributed by atoms with Gasteiger partial charge < -0.3 is 15.0 Å². The van der Waals surface area contributed by atoms with Gasteiger partial charge in [-0.2, -0.15) is 0 Å². The van der Waals surface area contributed by atoms with E-state index in [0.717, 1.165) is 12.0 Å². The Morgan fingerprint density at radius 2 is 1.72 bits per heavy atom. The molecule has 0 spiro atoms. The molecule has 2 rings (SSSR count). The molecule has 0 fully saturated rings. The molecule has 0 aromatic heterocycles. The van der Waals surface area contributed by atoms with Crippen molar-refractivity contribution in [2.24, 2.45) is 0 Å². The van der Waals surface area contributed by atoms with Gasteiger partial charge in [0.15, 0.2) is 0 Å². The quantitative estimate of drug-likeness (QED) is 0.572. The molecule has 0 saturated heterocycles. The highest BCUT2D eigenvalue weighted by atomic mass is 16.5. The van der Waals surface area contributed by atoms with Crippen LogP contribution in [0.1, 0.15) is 56.0 Å². The zero-order valence-corrected chi connectivity index (χ0v) is 17.7. The number of ether oxygens (including phenoxy) is 1. The summed E-state index contributed by atoms with van der Waals surface area (Å²) in [4.78, 5) is 27.2. The van der Waals surface area contributed by atoms with Crippen LogP contribution in [0, 0.1) is 0 Å². The number of para-hydroxylation sites is 1. The summed E-state index contributed by atoms with van der Waals surface area (Å²) in [5.74, 6) is 0.520. The fourth-order valence-corrected chi connectivity index (χ4v) is 3.11. The lowest BCUT2D eigenvalue weighted by molar-refractivity contribution is -0.134. The second-order valence-corrected chi connectivity index (χ2v) is 7.05. The van der Waals surface area contributed by atoms with Crippen LogP contribution in [0.15, 0.2) is 54.6 Å². The first-order valence-corrected chi connectivity index (χ1v) is 10.4. The maximum atomic E-state index is 12.8. The molecule has 0 heterocycles. The number of hydrogen-bond acceptors (Lipinski definition) is 3. The second kappa shape index (κ2) is 11.9. The van der Waals surface area contributed by atoms with Gasteiger partial charge >= 0.3 is 0 Å². The SMILES string of the molecule is CCOc1ccccc1C(=O)NCCCC(=O)N(Cc1ccccc1)C(C)CC. The number of carbonyl (C=O) groups is 2. The largest absolute Gasteiger partial charge is 0.493 e. The molecular formula is C24H32N2O3.